The Hall–Kier alpha value is -7.29. The van der Waals surface area contributed by atoms with E-state index in [1.165, 1.54) is 10.8 Å². The summed E-state index contributed by atoms with van der Waals surface area (Å²) in [7, 11) is 0. The van der Waals surface area contributed by atoms with Crippen LogP contribution in [0, 0.1) is 11.3 Å². The molecule has 5 nitrogen and oxygen atoms in total. The highest BCUT2D eigenvalue weighted by atomic mass is 15.0. The molecule has 7 aromatic carbocycles. The van der Waals surface area contributed by atoms with E-state index in [1.54, 1.807) is 0 Å². The fourth-order valence-electron chi connectivity index (χ4n) is 7.64. The minimum absolute atomic E-state index is 0.449. The van der Waals surface area contributed by atoms with Gasteiger partial charge in [0.25, 0.3) is 0 Å². The Morgan fingerprint density at radius 1 is 0.385 bits per heavy atom. The predicted octanol–water partition coefficient (Wildman–Crippen LogP) is 11.5. The van der Waals surface area contributed by atoms with E-state index in [4.69, 9.17) is 9.97 Å². The summed E-state index contributed by atoms with van der Waals surface area (Å²) < 4.78 is 4.70. The Kier molecular flexibility index (Phi) is 6.80. The molecule has 0 saturated carbocycles. The molecular weight excluding hydrogens is 635 g/mol. The summed E-state index contributed by atoms with van der Waals surface area (Å²) in [6.07, 6.45) is 0. The van der Waals surface area contributed by atoms with Crippen LogP contribution >= 0.6 is 0 Å². The van der Waals surface area contributed by atoms with Crippen LogP contribution in [0.3, 0.4) is 0 Å². The van der Waals surface area contributed by atoms with Crippen LogP contribution in [0.15, 0.2) is 176 Å². The van der Waals surface area contributed by atoms with E-state index >= 15 is 0 Å². The fraction of sp³-hybridized carbons (Fsp3) is 0. The van der Waals surface area contributed by atoms with E-state index in [9.17, 15) is 5.26 Å². The molecule has 0 saturated heterocycles. The number of rotatable bonds is 5. The van der Waals surface area contributed by atoms with Crippen molar-refractivity contribution >= 4 is 43.6 Å². The fourth-order valence-corrected chi connectivity index (χ4v) is 7.64. The molecule has 5 heteroatoms. The van der Waals surface area contributed by atoms with Gasteiger partial charge < -0.3 is 9.13 Å². The van der Waals surface area contributed by atoms with Crippen LogP contribution in [0.2, 0.25) is 0 Å². The summed E-state index contributed by atoms with van der Waals surface area (Å²) in [6.45, 7) is 0. The van der Waals surface area contributed by atoms with Crippen LogP contribution < -0.4 is 0 Å². The quantitative estimate of drug-likeness (QED) is 0.184. The van der Waals surface area contributed by atoms with Crippen molar-refractivity contribution in [2.24, 2.45) is 0 Å². The van der Waals surface area contributed by atoms with Crippen molar-refractivity contribution in [3.05, 3.63) is 181 Å². The zero-order chi connectivity index (χ0) is 34.6. The molecule has 0 aliphatic heterocycles. The van der Waals surface area contributed by atoms with Crippen LogP contribution in [0.4, 0.5) is 0 Å². The van der Waals surface area contributed by atoms with Gasteiger partial charge in [0.05, 0.1) is 33.5 Å². The average Bonchev–Trinajstić information content (AvgIpc) is 3.72. The summed E-state index contributed by atoms with van der Waals surface area (Å²) in [6, 6.07) is 63.2. The standard InChI is InChI=1S/C47H29N5/c48-30-40-45(31-15-5-1-6-16-31)49-47(32-17-7-2-8-18-32)50-46(40)33-25-26-42-37(27-33)39-28-38-36-23-13-14-24-41(36)51(34-19-9-3-10-20-34)43(38)29-44(39)52(42)35-21-11-4-12-22-35/h1-29H. The molecule has 0 amide bonds. The third-order valence-electron chi connectivity index (χ3n) is 9.96. The largest absolute Gasteiger partial charge is 0.309 e. The second kappa shape index (κ2) is 11.9. The van der Waals surface area contributed by atoms with Gasteiger partial charge in [-0.3, -0.25) is 0 Å². The van der Waals surface area contributed by atoms with Crippen LogP contribution in [-0.2, 0) is 0 Å². The predicted molar refractivity (Wildman–Crippen MR) is 212 cm³/mol. The molecule has 3 aromatic heterocycles. The number of hydrogen-bond acceptors (Lipinski definition) is 3. The average molecular weight is 664 g/mol. The van der Waals surface area contributed by atoms with Gasteiger partial charge in [-0.2, -0.15) is 5.26 Å². The third kappa shape index (κ3) is 4.63. The van der Waals surface area contributed by atoms with Crippen molar-refractivity contribution < 1.29 is 0 Å². The number of fused-ring (bicyclic) bond motifs is 6. The van der Waals surface area contributed by atoms with Crippen LogP contribution in [-0.4, -0.2) is 19.1 Å². The lowest BCUT2D eigenvalue weighted by Crippen LogP contribution is -2.01. The molecule has 0 fully saturated rings. The Balaban J connectivity index is 1.30. The maximum absolute atomic E-state index is 10.7. The van der Waals surface area contributed by atoms with Crippen LogP contribution in [0.5, 0.6) is 0 Å². The van der Waals surface area contributed by atoms with E-state index < -0.39 is 0 Å². The van der Waals surface area contributed by atoms with Gasteiger partial charge in [-0.25, -0.2) is 9.97 Å². The molecule has 3 heterocycles. The van der Waals surface area contributed by atoms with Crippen molar-refractivity contribution in [2.75, 3.05) is 0 Å². The van der Waals surface area contributed by atoms with Gasteiger partial charge in [0, 0.05) is 49.6 Å². The van der Waals surface area contributed by atoms with E-state index in [0.717, 1.165) is 60.9 Å². The Bertz CT molecular complexity index is 2990. The highest BCUT2D eigenvalue weighted by molar-refractivity contribution is 6.19. The molecule has 0 spiro atoms. The van der Waals surface area contributed by atoms with Crippen molar-refractivity contribution in [1.29, 1.82) is 5.26 Å². The van der Waals surface area contributed by atoms with Crippen LogP contribution in [0.25, 0.3) is 88.9 Å². The number of nitriles is 1. The zero-order valence-corrected chi connectivity index (χ0v) is 28.0. The van der Waals surface area contributed by atoms with Gasteiger partial charge in [-0.15, -0.1) is 0 Å². The second-order valence-corrected chi connectivity index (χ2v) is 12.9. The Morgan fingerprint density at radius 2 is 0.865 bits per heavy atom. The van der Waals surface area contributed by atoms with Gasteiger partial charge in [0.15, 0.2) is 5.82 Å². The first kappa shape index (κ1) is 29.6. The summed E-state index contributed by atoms with van der Waals surface area (Å²) in [4.78, 5) is 10.1. The van der Waals surface area contributed by atoms with Gasteiger partial charge >= 0.3 is 0 Å². The topological polar surface area (TPSA) is 59.4 Å². The second-order valence-electron chi connectivity index (χ2n) is 12.9. The first-order valence-electron chi connectivity index (χ1n) is 17.3. The molecular formula is C47H29N5. The molecule has 0 N–H and O–H groups in total. The molecule has 0 aliphatic rings. The summed E-state index contributed by atoms with van der Waals surface area (Å²) >= 11 is 0. The maximum Gasteiger partial charge on any atom is 0.160 e. The molecule has 0 atom stereocenters. The molecule has 10 aromatic rings. The summed E-state index contributed by atoms with van der Waals surface area (Å²) in [5.74, 6) is 0.579. The monoisotopic (exact) mass is 663 g/mol. The van der Waals surface area contributed by atoms with Crippen molar-refractivity contribution in [3.8, 4) is 51.3 Å². The minimum atomic E-state index is 0.449. The van der Waals surface area contributed by atoms with E-state index in [1.807, 2.05) is 66.7 Å². The third-order valence-corrected chi connectivity index (χ3v) is 9.96. The van der Waals surface area contributed by atoms with Gasteiger partial charge in [-0.05, 0) is 54.6 Å². The lowest BCUT2D eigenvalue weighted by Gasteiger charge is -2.13. The van der Waals surface area contributed by atoms with Crippen molar-refractivity contribution in [1.82, 2.24) is 19.1 Å². The summed E-state index contributed by atoms with van der Waals surface area (Å²) in [5, 5.41) is 15.3. The Labute approximate surface area is 299 Å². The van der Waals surface area contributed by atoms with E-state index in [2.05, 4.69) is 124 Å². The maximum atomic E-state index is 10.7. The Morgan fingerprint density at radius 3 is 1.48 bits per heavy atom. The summed E-state index contributed by atoms with van der Waals surface area (Å²) in [5.41, 5.74) is 11.0. The molecule has 0 bridgehead atoms. The molecule has 0 aliphatic carbocycles. The zero-order valence-electron chi connectivity index (χ0n) is 28.0. The van der Waals surface area contributed by atoms with Gasteiger partial charge in [-0.1, -0.05) is 121 Å². The SMILES string of the molecule is N#Cc1c(-c2ccccc2)nc(-c2ccccc2)nc1-c1ccc2c(c1)c1cc3c4ccccc4n(-c4ccccc4)c3cc1n2-c1ccccc1. The molecule has 52 heavy (non-hydrogen) atoms. The minimum Gasteiger partial charge on any atom is -0.309 e. The lowest BCUT2D eigenvalue weighted by molar-refractivity contribution is 1.16. The molecule has 10 rings (SSSR count). The molecule has 0 unspecified atom stereocenters. The smallest absolute Gasteiger partial charge is 0.160 e. The van der Waals surface area contributed by atoms with E-state index in [-0.39, 0.29) is 0 Å². The number of benzene rings is 7. The highest BCUT2D eigenvalue weighted by Gasteiger charge is 2.22. The number of hydrogen-bond donors (Lipinski definition) is 0. The van der Waals surface area contributed by atoms with Crippen molar-refractivity contribution in [3.63, 3.8) is 0 Å². The van der Waals surface area contributed by atoms with Gasteiger partial charge in [0.2, 0.25) is 0 Å². The first-order valence-corrected chi connectivity index (χ1v) is 17.3. The van der Waals surface area contributed by atoms with Crippen molar-refractivity contribution in [2.45, 2.75) is 0 Å². The first-order chi connectivity index (χ1) is 25.8. The highest BCUT2D eigenvalue weighted by Crippen LogP contribution is 2.41. The normalized spacial score (nSPS) is 11.4. The number of para-hydroxylation sites is 3. The van der Waals surface area contributed by atoms with Crippen LogP contribution in [0.1, 0.15) is 5.56 Å². The number of nitrogens with zero attached hydrogens (tertiary/aromatic N) is 5. The number of aromatic nitrogens is 4. The lowest BCUT2D eigenvalue weighted by atomic mass is 9.98. The molecule has 0 radical (unpaired) electrons. The molecule has 242 valence electrons. The van der Waals surface area contributed by atoms with E-state index in [0.29, 0.717) is 22.8 Å². The van der Waals surface area contributed by atoms with Gasteiger partial charge in [0.1, 0.15) is 11.6 Å².